The third kappa shape index (κ3) is 10.1. The number of hydrogen-bond donors (Lipinski definition) is 3. The second-order valence-electron chi connectivity index (χ2n) is 9.56. The van der Waals surface area contributed by atoms with E-state index in [1.165, 1.54) is 0 Å². The summed E-state index contributed by atoms with van der Waals surface area (Å²) in [7, 11) is 0. The van der Waals surface area contributed by atoms with Crippen molar-refractivity contribution >= 4 is 23.8 Å². The Labute approximate surface area is 195 Å². The van der Waals surface area contributed by atoms with Gasteiger partial charge in [-0.15, -0.1) is 0 Å². The van der Waals surface area contributed by atoms with Gasteiger partial charge in [0.1, 0.15) is 11.2 Å². The van der Waals surface area contributed by atoms with Crippen LogP contribution < -0.4 is 16.0 Å². The van der Waals surface area contributed by atoms with Crippen LogP contribution in [0.1, 0.15) is 63.0 Å². The van der Waals surface area contributed by atoms with E-state index in [0.717, 1.165) is 11.1 Å². The number of benzene rings is 2. The highest BCUT2D eigenvalue weighted by molar-refractivity contribution is 5.96. The maximum absolute atomic E-state index is 12.5. The first-order chi connectivity index (χ1) is 15.3. The van der Waals surface area contributed by atoms with Gasteiger partial charge in [0.05, 0.1) is 0 Å². The smallest absolute Gasteiger partial charge is 0.412 e. The van der Waals surface area contributed by atoms with Crippen molar-refractivity contribution in [3.05, 3.63) is 65.2 Å². The van der Waals surface area contributed by atoms with Crippen LogP contribution in [0, 0.1) is 0 Å². The molecule has 0 bridgehead atoms. The molecule has 3 N–H and O–H groups in total. The van der Waals surface area contributed by atoms with Crippen LogP contribution in [0.3, 0.4) is 0 Å². The summed E-state index contributed by atoms with van der Waals surface area (Å²) in [6.07, 6.45) is -1.05. The van der Waals surface area contributed by atoms with E-state index >= 15 is 0 Å². The van der Waals surface area contributed by atoms with Crippen molar-refractivity contribution in [1.29, 1.82) is 0 Å². The van der Waals surface area contributed by atoms with Crippen molar-refractivity contribution < 1.29 is 23.9 Å². The van der Waals surface area contributed by atoms with Crippen molar-refractivity contribution in [1.82, 2.24) is 10.6 Å². The lowest BCUT2D eigenvalue weighted by Gasteiger charge is -2.19. The molecule has 8 nitrogen and oxygen atoms in total. The number of amides is 3. The van der Waals surface area contributed by atoms with Crippen LogP contribution in [0.15, 0.2) is 48.5 Å². The number of nitrogens with one attached hydrogen (secondary N) is 3. The number of carbonyl (C=O) groups is 3. The van der Waals surface area contributed by atoms with Gasteiger partial charge in [0.2, 0.25) is 0 Å². The molecule has 0 saturated heterocycles. The third-order valence-electron chi connectivity index (χ3n) is 4.08. The molecular weight excluding hydrogens is 422 g/mol. The Bertz CT molecular complexity index is 973. The van der Waals surface area contributed by atoms with Crippen molar-refractivity contribution in [2.75, 3.05) is 5.32 Å². The van der Waals surface area contributed by atoms with E-state index in [1.807, 2.05) is 45.0 Å². The molecule has 0 aliphatic carbocycles. The molecule has 0 spiro atoms. The van der Waals surface area contributed by atoms with Crippen LogP contribution in [0.5, 0.6) is 0 Å². The minimum absolute atomic E-state index is 0.265. The second-order valence-corrected chi connectivity index (χ2v) is 9.56. The summed E-state index contributed by atoms with van der Waals surface area (Å²) in [6, 6.07) is 14.2. The number of ether oxygens (including phenoxy) is 2. The molecule has 2 aromatic rings. The molecule has 0 unspecified atom stereocenters. The Morgan fingerprint density at radius 1 is 0.727 bits per heavy atom. The average Bonchev–Trinajstić information content (AvgIpc) is 2.68. The monoisotopic (exact) mass is 455 g/mol. The van der Waals surface area contributed by atoms with Gasteiger partial charge in [-0.05, 0) is 70.9 Å². The molecule has 0 aliphatic heterocycles. The van der Waals surface area contributed by atoms with Crippen LogP contribution in [-0.2, 0) is 22.6 Å². The van der Waals surface area contributed by atoms with Crippen LogP contribution in [0.25, 0.3) is 0 Å². The number of rotatable bonds is 6. The minimum Gasteiger partial charge on any atom is -0.444 e. The van der Waals surface area contributed by atoms with Gasteiger partial charge < -0.3 is 20.1 Å². The van der Waals surface area contributed by atoms with E-state index in [9.17, 15) is 14.4 Å². The zero-order chi connectivity index (χ0) is 24.6. The van der Waals surface area contributed by atoms with Crippen molar-refractivity contribution in [3.8, 4) is 0 Å². The highest BCUT2D eigenvalue weighted by Gasteiger charge is 2.17. The Morgan fingerprint density at radius 3 is 1.79 bits per heavy atom. The fourth-order valence-electron chi connectivity index (χ4n) is 2.71. The molecule has 0 aliphatic rings. The molecule has 3 amide bonds. The van der Waals surface area contributed by atoms with Gasteiger partial charge in [-0.3, -0.25) is 10.1 Å². The number of carbonyl (C=O) groups excluding carboxylic acids is 3. The molecule has 2 rings (SSSR count). The Morgan fingerprint density at radius 2 is 1.24 bits per heavy atom. The first-order valence-electron chi connectivity index (χ1n) is 10.7. The molecule has 0 fully saturated rings. The minimum atomic E-state index is -0.611. The fraction of sp³-hybridized carbons (Fsp3) is 0.400. The van der Waals surface area contributed by atoms with Gasteiger partial charge in [0.25, 0.3) is 5.91 Å². The van der Waals surface area contributed by atoms with Crippen molar-refractivity contribution in [2.45, 2.75) is 65.8 Å². The third-order valence-corrected chi connectivity index (χ3v) is 4.08. The van der Waals surface area contributed by atoms with Gasteiger partial charge in [0, 0.05) is 24.3 Å². The van der Waals surface area contributed by atoms with Gasteiger partial charge in [-0.25, -0.2) is 9.59 Å². The molecule has 8 heteroatoms. The molecule has 0 radical (unpaired) electrons. The van der Waals surface area contributed by atoms with Gasteiger partial charge in [0.15, 0.2) is 0 Å². The van der Waals surface area contributed by atoms with Crippen LogP contribution in [0.4, 0.5) is 15.3 Å². The first kappa shape index (κ1) is 25.7. The van der Waals surface area contributed by atoms with Gasteiger partial charge in [-0.1, -0.05) is 30.3 Å². The average molecular weight is 456 g/mol. The van der Waals surface area contributed by atoms with E-state index in [-0.39, 0.29) is 5.91 Å². The molecular formula is C25H33N3O5. The summed E-state index contributed by atoms with van der Waals surface area (Å²) < 4.78 is 10.4. The summed E-state index contributed by atoms with van der Waals surface area (Å²) >= 11 is 0. The quantitative estimate of drug-likeness (QED) is 0.569. The van der Waals surface area contributed by atoms with E-state index in [2.05, 4.69) is 16.0 Å². The maximum Gasteiger partial charge on any atom is 0.412 e. The maximum atomic E-state index is 12.5. The van der Waals surface area contributed by atoms with Crippen LogP contribution in [-0.4, -0.2) is 29.3 Å². The lowest BCUT2D eigenvalue weighted by atomic mass is 10.1. The Balaban J connectivity index is 1.85. The van der Waals surface area contributed by atoms with Crippen molar-refractivity contribution in [3.63, 3.8) is 0 Å². The molecule has 2 aromatic carbocycles. The standard InChI is InChI=1S/C25H33N3O5/c1-24(2,3)32-22(30)27-16-18-12-10-17(11-13-18)15-26-21(29)19-8-7-9-20(14-19)28-23(31)33-25(4,5)6/h7-14H,15-16H2,1-6H3,(H,26,29)(H,27,30)(H,28,31). The summed E-state index contributed by atoms with van der Waals surface area (Å²) in [5.74, 6) is -0.265. The van der Waals surface area contributed by atoms with Crippen molar-refractivity contribution in [2.24, 2.45) is 0 Å². The Kier molecular flexibility index (Phi) is 8.45. The Hall–Kier alpha value is -3.55. The van der Waals surface area contributed by atoms with E-state index in [1.54, 1.807) is 45.0 Å². The van der Waals surface area contributed by atoms with E-state index < -0.39 is 23.4 Å². The van der Waals surface area contributed by atoms with Gasteiger partial charge in [-0.2, -0.15) is 0 Å². The highest BCUT2D eigenvalue weighted by Crippen LogP contribution is 2.14. The molecule has 0 aromatic heterocycles. The zero-order valence-corrected chi connectivity index (χ0v) is 20.1. The highest BCUT2D eigenvalue weighted by atomic mass is 16.6. The van der Waals surface area contributed by atoms with Crippen LogP contribution >= 0.6 is 0 Å². The number of alkyl carbamates (subject to hydrolysis) is 1. The SMILES string of the molecule is CC(C)(C)OC(=O)NCc1ccc(CNC(=O)c2cccc(NC(=O)OC(C)(C)C)c2)cc1. The topological polar surface area (TPSA) is 106 Å². The molecule has 0 saturated carbocycles. The predicted octanol–water partition coefficient (Wildman–Crippen LogP) is 4.99. The lowest BCUT2D eigenvalue weighted by molar-refractivity contribution is 0.0522. The van der Waals surface area contributed by atoms with Crippen LogP contribution in [0.2, 0.25) is 0 Å². The first-order valence-corrected chi connectivity index (χ1v) is 10.7. The molecule has 33 heavy (non-hydrogen) atoms. The van der Waals surface area contributed by atoms with E-state index in [4.69, 9.17) is 9.47 Å². The molecule has 0 heterocycles. The van der Waals surface area contributed by atoms with E-state index in [0.29, 0.717) is 24.3 Å². The predicted molar refractivity (Wildman–Crippen MR) is 127 cm³/mol. The van der Waals surface area contributed by atoms with Gasteiger partial charge >= 0.3 is 12.2 Å². The summed E-state index contributed by atoms with van der Waals surface area (Å²) in [5, 5.41) is 8.19. The summed E-state index contributed by atoms with van der Waals surface area (Å²) in [5.41, 5.74) is 1.56. The second kappa shape index (κ2) is 10.8. The lowest BCUT2D eigenvalue weighted by Crippen LogP contribution is -2.32. The zero-order valence-electron chi connectivity index (χ0n) is 20.1. The number of hydrogen-bond acceptors (Lipinski definition) is 5. The normalized spacial score (nSPS) is 11.3. The summed E-state index contributed by atoms with van der Waals surface area (Å²) in [4.78, 5) is 36.2. The summed E-state index contributed by atoms with van der Waals surface area (Å²) in [6.45, 7) is 11.4. The number of anilines is 1. The molecule has 178 valence electrons. The fourth-order valence-corrected chi connectivity index (χ4v) is 2.71. The molecule has 0 atom stereocenters. The largest absolute Gasteiger partial charge is 0.444 e.